The molecule has 0 spiro atoms. The van der Waals surface area contributed by atoms with E-state index in [1.165, 1.54) is 11.1 Å². The molecular weight excluding hydrogens is 284 g/mol. The molecule has 0 bridgehead atoms. The number of aliphatic hydroxyl groups excluding tert-OH is 1. The molecule has 112 valence electrons. The lowest BCUT2D eigenvalue weighted by atomic mass is 9.88. The second-order valence-electron chi connectivity index (χ2n) is 5.46. The smallest absolute Gasteiger partial charge is 0.125 e. The first-order valence-electron chi connectivity index (χ1n) is 6.95. The molecule has 0 aliphatic rings. The lowest BCUT2D eigenvalue weighted by molar-refractivity contribution is 0.213. The van der Waals surface area contributed by atoms with Crippen LogP contribution in [0.2, 0.25) is 5.02 Å². The molecule has 1 atom stereocenters. The molecule has 21 heavy (non-hydrogen) atoms. The number of ether oxygens (including phenoxy) is 1. The van der Waals surface area contributed by atoms with Crippen molar-refractivity contribution in [1.29, 1.82) is 0 Å². The molecule has 0 fully saturated rings. The third-order valence-corrected chi connectivity index (χ3v) is 4.42. The number of hydrogen-bond donors (Lipinski definition) is 1. The van der Waals surface area contributed by atoms with Crippen molar-refractivity contribution in [3.63, 3.8) is 0 Å². The molecule has 0 amide bonds. The van der Waals surface area contributed by atoms with Crippen LogP contribution in [-0.2, 0) is 0 Å². The first-order valence-corrected chi connectivity index (χ1v) is 7.33. The Kier molecular flexibility index (Phi) is 4.60. The van der Waals surface area contributed by atoms with Crippen molar-refractivity contribution in [2.75, 3.05) is 7.11 Å². The van der Waals surface area contributed by atoms with E-state index in [9.17, 15) is 5.11 Å². The average Bonchev–Trinajstić information content (AvgIpc) is 2.45. The van der Waals surface area contributed by atoms with Gasteiger partial charge in [-0.3, -0.25) is 0 Å². The van der Waals surface area contributed by atoms with Gasteiger partial charge in [0.1, 0.15) is 11.9 Å². The molecular formula is C18H21ClO2. The fourth-order valence-corrected chi connectivity index (χ4v) is 2.91. The van der Waals surface area contributed by atoms with Gasteiger partial charge in [0.05, 0.1) is 7.11 Å². The number of methoxy groups -OCH3 is 1. The Morgan fingerprint density at radius 2 is 1.57 bits per heavy atom. The second-order valence-corrected chi connectivity index (χ2v) is 5.90. The van der Waals surface area contributed by atoms with Gasteiger partial charge in [-0.25, -0.2) is 0 Å². The highest BCUT2D eigenvalue weighted by atomic mass is 35.5. The van der Waals surface area contributed by atoms with Crippen LogP contribution in [0.25, 0.3) is 0 Å². The van der Waals surface area contributed by atoms with Gasteiger partial charge in [-0.1, -0.05) is 17.7 Å². The number of halogens is 1. The fourth-order valence-electron chi connectivity index (χ4n) is 2.73. The van der Waals surface area contributed by atoms with Crippen molar-refractivity contribution in [3.05, 3.63) is 62.7 Å². The van der Waals surface area contributed by atoms with E-state index in [1.807, 2.05) is 13.8 Å². The third-order valence-electron chi connectivity index (χ3n) is 4.18. The van der Waals surface area contributed by atoms with E-state index < -0.39 is 6.10 Å². The van der Waals surface area contributed by atoms with E-state index in [4.69, 9.17) is 16.3 Å². The predicted octanol–water partition coefficient (Wildman–Crippen LogP) is 4.66. The second kappa shape index (κ2) is 6.08. The topological polar surface area (TPSA) is 29.5 Å². The van der Waals surface area contributed by atoms with Gasteiger partial charge < -0.3 is 9.84 Å². The van der Waals surface area contributed by atoms with Crippen molar-refractivity contribution >= 4 is 11.6 Å². The molecule has 2 aromatic rings. The minimum atomic E-state index is -0.753. The monoisotopic (exact) mass is 304 g/mol. The van der Waals surface area contributed by atoms with Gasteiger partial charge in [0.2, 0.25) is 0 Å². The summed E-state index contributed by atoms with van der Waals surface area (Å²) in [6, 6.07) is 7.46. The lowest BCUT2D eigenvalue weighted by Crippen LogP contribution is -2.08. The van der Waals surface area contributed by atoms with Crippen LogP contribution in [0.4, 0.5) is 0 Å². The minimum absolute atomic E-state index is 0.588. The van der Waals surface area contributed by atoms with Gasteiger partial charge in [-0.2, -0.15) is 0 Å². The molecule has 1 unspecified atom stereocenters. The molecule has 0 saturated heterocycles. The summed E-state index contributed by atoms with van der Waals surface area (Å²) in [4.78, 5) is 0. The van der Waals surface area contributed by atoms with Crippen LogP contribution in [0, 0.1) is 27.7 Å². The third kappa shape index (κ3) is 2.92. The largest absolute Gasteiger partial charge is 0.496 e. The summed E-state index contributed by atoms with van der Waals surface area (Å²) in [5.74, 6) is 0.643. The van der Waals surface area contributed by atoms with Crippen molar-refractivity contribution in [2.45, 2.75) is 33.8 Å². The maximum absolute atomic E-state index is 10.9. The van der Waals surface area contributed by atoms with Gasteiger partial charge in [-0.05, 0) is 73.7 Å². The molecule has 3 heteroatoms. The van der Waals surface area contributed by atoms with E-state index in [0.29, 0.717) is 16.3 Å². The molecule has 0 aliphatic carbocycles. The Morgan fingerprint density at radius 1 is 1.00 bits per heavy atom. The van der Waals surface area contributed by atoms with Crippen molar-refractivity contribution in [2.24, 2.45) is 0 Å². The standard InChI is InChI=1S/C18H21ClO2/c1-10-8-11(2)13(4)17(12(10)3)18(20)15-9-14(19)6-7-16(15)21-5/h6-9,18,20H,1-5H3. The highest BCUT2D eigenvalue weighted by Gasteiger charge is 2.21. The highest BCUT2D eigenvalue weighted by Crippen LogP contribution is 2.36. The van der Waals surface area contributed by atoms with Gasteiger partial charge in [0.15, 0.2) is 0 Å². The van der Waals surface area contributed by atoms with Crippen molar-refractivity contribution < 1.29 is 9.84 Å². The normalized spacial score (nSPS) is 12.3. The Morgan fingerprint density at radius 3 is 2.10 bits per heavy atom. The van der Waals surface area contributed by atoms with Crippen LogP contribution in [-0.4, -0.2) is 12.2 Å². The van der Waals surface area contributed by atoms with Gasteiger partial charge in [-0.15, -0.1) is 0 Å². The zero-order valence-corrected chi connectivity index (χ0v) is 13.9. The van der Waals surface area contributed by atoms with Crippen LogP contribution < -0.4 is 4.74 Å². The Balaban J connectivity index is 2.65. The Bertz CT molecular complexity index is 651. The van der Waals surface area contributed by atoms with Crippen LogP contribution in [0.3, 0.4) is 0 Å². The summed E-state index contributed by atoms with van der Waals surface area (Å²) in [6.07, 6.45) is -0.753. The maximum atomic E-state index is 10.9. The molecule has 0 saturated carbocycles. The first kappa shape index (κ1) is 15.9. The van der Waals surface area contributed by atoms with Crippen molar-refractivity contribution in [1.82, 2.24) is 0 Å². The molecule has 0 heterocycles. The fraction of sp³-hybridized carbons (Fsp3) is 0.333. The summed E-state index contributed by atoms with van der Waals surface area (Å²) in [5, 5.41) is 11.5. The summed E-state index contributed by atoms with van der Waals surface area (Å²) < 4.78 is 5.36. The summed E-state index contributed by atoms with van der Waals surface area (Å²) in [7, 11) is 1.60. The predicted molar refractivity (Wildman–Crippen MR) is 87.5 cm³/mol. The number of aliphatic hydroxyl groups is 1. The molecule has 2 aromatic carbocycles. The quantitative estimate of drug-likeness (QED) is 0.893. The average molecular weight is 305 g/mol. The number of aryl methyl sites for hydroxylation is 2. The van der Waals surface area contributed by atoms with E-state index in [0.717, 1.165) is 16.7 Å². The zero-order chi connectivity index (χ0) is 15.7. The van der Waals surface area contributed by atoms with Crippen LogP contribution in [0.15, 0.2) is 24.3 Å². The summed E-state index contributed by atoms with van der Waals surface area (Å²) in [5.41, 5.74) is 6.19. The van der Waals surface area contributed by atoms with E-state index in [2.05, 4.69) is 19.9 Å². The van der Waals surface area contributed by atoms with Crippen LogP contribution in [0.5, 0.6) is 5.75 Å². The van der Waals surface area contributed by atoms with Gasteiger partial charge >= 0.3 is 0 Å². The van der Waals surface area contributed by atoms with E-state index >= 15 is 0 Å². The van der Waals surface area contributed by atoms with Gasteiger partial charge in [0, 0.05) is 10.6 Å². The Labute approximate surface area is 131 Å². The van der Waals surface area contributed by atoms with E-state index in [1.54, 1.807) is 25.3 Å². The molecule has 0 aromatic heterocycles. The number of hydrogen-bond acceptors (Lipinski definition) is 2. The number of rotatable bonds is 3. The zero-order valence-electron chi connectivity index (χ0n) is 13.1. The van der Waals surface area contributed by atoms with Crippen LogP contribution >= 0.6 is 11.6 Å². The molecule has 0 radical (unpaired) electrons. The summed E-state index contributed by atoms with van der Waals surface area (Å²) in [6.45, 7) is 8.20. The van der Waals surface area contributed by atoms with E-state index in [-0.39, 0.29) is 0 Å². The first-order chi connectivity index (χ1) is 9.86. The molecule has 2 rings (SSSR count). The lowest BCUT2D eigenvalue weighted by Gasteiger charge is -2.22. The Hall–Kier alpha value is -1.51. The summed E-state index contributed by atoms with van der Waals surface area (Å²) >= 11 is 6.08. The maximum Gasteiger partial charge on any atom is 0.125 e. The van der Waals surface area contributed by atoms with Crippen molar-refractivity contribution in [3.8, 4) is 5.75 Å². The SMILES string of the molecule is COc1ccc(Cl)cc1C(O)c1c(C)c(C)cc(C)c1C. The van der Waals surface area contributed by atoms with Gasteiger partial charge in [0.25, 0.3) is 0 Å². The van der Waals surface area contributed by atoms with Crippen LogP contribution in [0.1, 0.15) is 39.5 Å². The molecule has 2 nitrogen and oxygen atoms in total. The molecule has 0 aliphatic heterocycles. The highest BCUT2D eigenvalue weighted by molar-refractivity contribution is 6.30. The molecule has 1 N–H and O–H groups in total. The minimum Gasteiger partial charge on any atom is -0.496 e. The number of benzene rings is 2.